The topological polar surface area (TPSA) is 111 Å². The summed E-state index contributed by atoms with van der Waals surface area (Å²) < 4.78 is 1.51. The average molecular weight is 259 g/mol. The highest BCUT2D eigenvalue weighted by Crippen LogP contribution is 2.14. The number of nitrogens with zero attached hydrogens (tertiary/aromatic N) is 3. The Labute approximate surface area is 109 Å². The summed E-state index contributed by atoms with van der Waals surface area (Å²) in [7, 11) is 0. The van der Waals surface area contributed by atoms with Crippen LogP contribution in [0.1, 0.15) is 16.7 Å². The van der Waals surface area contributed by atoms with E-state index >= 15 is 0 Å². The Hall–Kier alpha value is -2.70. The van der Waals surface area contributed by atoms with Gasteiger partial charge in [0.2, 0.25) is 0 Å². The minimum absolute atomic E-state index is 0.0179. The highest BCUT2D eigenvalue weighted by molar-refractivity contribution is 5.95. The number of aromatic nitrogens is 2. The number of hydrogen-bond acceptors (Lipinski definition) is 4. The molecule has 7 nitrogen and oxygen atoms in total. The summed E-state index contributed by atoms with van der Waals surface area (Å²) in [5.74, 6) is 0.0179. The number of nitrogens with one attached hydrogen (secondary N) is 1. The van der Waals surface area contributed by atoms with Crippen molar-refractivity contribution in [1.82, 2.24) is 9.78 Å². The molecule has 2 rings (SSSR count). The van der Waals surface area contributed by atoms with Gasteiger partial charge in [-0.25, -0.2) is 0 Å². The van der Waals surface area contributed by atoms with Crippen molar-refractivity contribution in [3.8, 4) is 0 Å². The third-order valence-electron chi connectivity index (χ3n) is 2.82. The first-order valence-corrected chi connectivity index (χ1v) is 5.58. The first-order chi connectivity index (χ1) is 8.97. The summed E-state index contributed by atoms with van der Waals surface area (Å²) in [6.45, 7) is 2.34. The SMILES string of the molecule is Cc1cc(C(=N)N)ccc1Cn1cc([N+](=O)[O-])cn1. The molecule has 0 aliphatic rings. The third-order valence-corrected chi connectivity index (χ3v) is 2.82. The lowest BCUT2D eigenvalue weighted by atomic mass is 10.0. The number of nitrogens with two attached hydrogens (primary N) is 1. The fourth-order valence-electron chi connectivity index (χ4n) is 1.75. The molecule has 0 atom stereocenters. The summed E-state index contributed by atoms with van der Waals surface area (Å²) in [6.07, 6.45) is 2.61. The van der Waals surface area contributed by atoms with E-state index in [1.807, 2.05) is 19.1 Å². The molecule has 0 radical (unpaired) electrons. The largest absolute Gasteiger partial charge is 0.384 e. The van der Waals surface area contributed by atoms with Crippen LogP contribution in [0.15, 0.2) is 30.6 Å². The summed E-state index contributed by atoms with van der Waals surface area (Å²) >= 11 is 0. The summed E-state index contributed by atoms with van der Waals surface area (Å²) in [4.78, 5) is 10.1. The number of benzene rings is 1. The molecular formula is C12H13N5O2. The first kappa shape index (κ1) is 12.7. The van der Waals surface area contributed by atoms with Crippen molar-refractivity contribution in [2.75, 3.05) is 0 Å². The fourth-order valence-corrected chi connectivity index (χ4v) is 1.75. The van der Waals surface area contributed by atoms with Gasteiger partial charge < -0.3 is 5.73 Å². The average Bonchev–Trinajstić information content (AvgIpc) is 2.80. The van der Waals surface area contributed by atoms with Crippen LogP contribution in [0.5, 0.6) is 0 Å². The summed E-state index contributed by atoms with van der Waals surface area (Å²) in [5.41, 5.74) is 7.98. The molecular weight excluding hydrogens is 246 g/mol. The van der Waals surface area contributed by atoms with Crippen molar-refractivity contribution in [3.05, 3.63) is 57.4 Å². The van der Waals surface area contributed by atoms with Crippen molar-refractivity contribution in [1.29, 1.82) is 5.41 Å². The molecule has 0 amide bonds. The predicted octanol–water partition coefficient (Wildman–Crippen LogP) is 1.43. The van der Waals surface area contributed by atoms with Crippen molar-refractivity contribution < 1.29 is 4.92 Å². The number of nitro groups is 1. The zero-order valence-corrected chi connectivity index (χ0v) is 10.3. The second kappa shape index (κ2) is 4.89. The molecule has 0 spiro atoms. The smallest absolute Gasteiger partial charge is 0.307 e. The zero-order chi connectivity index (χ0) is 14.0. The Morgan fingerprint density at radius 2 is 2.32 bits per heavy atom. The van der Waals surface area contributed by atoms with Crippen LogP contribution in [0.25, 0.3) is 0 Å². The number of amidine groups is 1. The minimum Gasteiger partial charge on any atom is -0.384 e. The molecule has 7 heteroatoms. The first-order valence-electron chi connectivity index (χ1n) is 5.58. The van der Waals surface area contributed by atoms with E-state index in [1.54, 1.807) is 6.07 Å². The lowest BCUT2D eigenvalue weighted by Gasteiger charge is -2.07. The Morgan fingerprint density at radius 1 is 1.58 bits per heavy atom. The summed E-state index contributed by atoms with van der Waals surface area (Å²) in [6, 6.07) is 5.41. The minimum atomic E-state index is -0.477. The molecule has 0 aliphatic carbocycles. The van der Waals surface area contributed by atoms with Crippen LogP contribution in [-0.4, -0.2) is 20.5 Å². The van der Waals surface area contributed by atoms with Gasteiger partial charge in [-0.15, -0.1) is 0 Å². The molecule has 3 N–H and O–H groups in total. The Kier molecular flexibility index (Phi) is 3.28. The number of aryl methyl sites for hydroxylation is 1. The standard InChI is InChI=1S/C12H13N5O2/c1-8-4-9(12(13)14)2-3-10(8)6-16-7-11(5-15-16)17(18)19/h2-5,7H,6H2,1H3,(H3,13,14). The second-order valence-electron chi connectivity index (χ2n) is 4.21. The van der Waals surface area contributed by atoms with E-state index in [2.05, 4.69) is 5.10 Å². The van der Waals surface area contributed by atoms with Gasteiger partial charge in [-0.05, 0) is 24.1 Å². The van der Waals surface area contributed by atoms with Gasteiger partial charge in [-0.1, -0.05) is 12.1 Å². The second-order valence-corrected chi connectivity index (χ2v) is 4.21. The van der Waals surface area contributed by atoms with Crippen LogP contribution in [0.4, 0.5) is 5.69 Å². The highest BCUT2D eigenvalue weighted by atomic mass is 16.6. The van der Waals surface area contributed by atoms with Gasteiger partial charge in [0.25, 0.3) is 0 Å². The van der Waals surface area contributed by atoms with E-state index in [1.165, 1.54) is 17.1 Å². The lowest BCUT2D eigenvalue weighted by Crippen LogP contribution is -2.12. The highest BCUT2D eigenvalue weighted by Gasteiger charge is 2.10. The molecule has 98 valence electrons. The van der Waals surface area contributed by atoms with Gasteiger partial charge in [0.15, 0.2) is 0 Å². The quantitative estimate of drug-likeness (QED) is 0.374. The maximum Gasteiger partial charge on any atom is 0.307 e. The van der Waals surface area contributed by atoms with Crippen LogP contribution in [0.2, 0.25) is 0 Å². The van der Waals surface area contributed by atoms with E-state index in [9.17, 15) is 10.1 Å². The van der Waals surface area contributed by atoms with Gasteiger partial charge in [0, 0.05) is 5.56 Å². The molecule has 1 heterocycles. The Balaban J connectivity index is 2.23. The van der Waals surface area contributed by atoms with Gasteiger partial charge in [0.1, 0.15) is 18.2 Å². The van der Waals surface area contributed by atoms with Crippen molar-refractivity contribution >= 4 is 11.5 Å². The van der Waals surface area contributed by atoms with E-state index < -0.39 is 4.92 Å². The van der Waals surface area contributed by atoms with Crippen LogP contribution >= 0.6 is 0 Å². The fraction of sp³-hybridized carbons (Fsp3) is 0.167. The zero-order valence-electron chi connectivity index (χ0n) is 10.3. The van der Waals surface area contributed by atoms with E-state index in [0.717, 1.165) is 11.1 Å². The van der Waals surface area contributed by atoms with Crippen LogP contribution in [-0.2, 0) is 6.54 Å². The van der Waals surface area contributed by atoms with Crippen molar-refractivity contribution in [3.63, 3.8) is 0 Å². The van der Waals surface area contributed by atoms with E-state index in [4.69, 9.17) is 11.1 Å². The third kappa shape index (κ3) is 2.76. The molecule has 0 fully saturated rings. The van der Waals surface area contributed by atoms with Crippen molar-refractivity contribution in [2.45, 2.75) is 13.5 Å². The molecule has 0 aliphatic heterocycles. The van der Waals surface area contributed by atoms with Crippen molar-refractivity contribution in [2.24, 2.45) is 5.73 Å². The molecule has 0 bridgehead atoms. The van der Waals surface area contributed by atoms with Gasteiger partial charge in [-0.3, -0.25) is 20.2 Å². The lowest BCUT2D eigenvalue weighted by molar-refractivity contribution is -0.385. The molecule has 0 saturated heterocycles. The molecule has 2 aromatic rings. The summed E-state index contributed by atoms with van der Waals surface area (Å²) in [5, 5.41) is 21.9. The van der Waals surface area contributed by atoms with Crippen LogP contribution in [0.3, 0.4) is 0 Å². The predicted molar refractivity (Wildman–Crippen MR) is 70.2 cm³/mol. The Bertz CT molecular complexity index is 647. The molecule has 0 saturated carbocycles. The van der Waals surface area contributed by atoms with Crippen LogP contribution in [0, 0.1) is 22.4 Å². The maximum atomic E-state index is 10.6. The van der Waals surface area contributed by atoms with E-state index in [-0.39, 0.29) is 11.5 Å². The van der Waals surface area contributed by atoms with E-state index in [0.29, 0.717) is 12.1 Å². The van der Waals surface area contributed by atoms with Gasteiger partial charge >= 0.3 is 5.69 Å². The normalized spacial score (nSPS) is 10.4. The number of rotatable bonds is 4. The number of nitrogen functional groups attached to an aromatic ring is 1. The monoisotopic (exact) mass is 259 g/mol. The van der Waals surface area contributed by atoms with Crippen LogP contribution < -0.4 is 5.73 Å². The van der Waals surface area contributed by atoms with Gasteiger partial charge in [0.05, 0.1) is 11.5 Å². The number of hydrogen-bond donors (Lipinski definition) is 2. The maximum absolute atomic E-state index is 10.6. The molecule has 0 unspecified atom stereocenters. The van der Waals surface area contributed by atoms with Gasteiger partial charge in [-0.2, -0.15) is 5.10 Å². The molecule has 1 aromatic heterocycles. The Morgan fingerprint density at radius 3 is 2.84 bits per heavy atom. The molecule has 19 heavy (non-hydrogen) atoms. The molecule has 1 aromatic carbocycles.